The average molecular weight is 383 g/mol. The van der Waals surface area contributed by atoms with Crippen LogP contribution in [-0.2, 0) is 6.42 Å². The molecule has 150 valence electrons. The molecule has 1 amide bonds. The molecule has 0 bridgehead atoms. The van der Waals surface area contributed by atoms with Crippen LogP contribution >= 0.6 is 0 Å². The van der Waals surface area contributed by atoms with Crippen molar-refractivity contribution in [3.05, 3.63) is 53.6 Å². The smallest absolute Gasteiger partial charge is 0.257 e. The first kappa shape index (κ1) is 20.3. The van der Waals surface area contributed by atoms with Gasteiger partial charge in [-0.15, -0.1) is 0 Å². The molecule has 0 unspecified atom stereocenters. The fourth-order valence-corrected chi connectivity index (χ4v) is 3.97. The van der Waals surface area contributed by atoms with Gasteiger partial charge in [-0.1, -0.05) is 18.2 Å². The minimum absolute atomic E-state index is 0.00393. The second-order valence-corrected chi connectivity index (χ2v) is 7.58. The molecule has 1 aromatic carbocycles. The summed E-state index contributed by atoms with van der Waals surface area (Å²) in [4.78, 5) is 25.2. The molecule has 0 saturated carbocycles. The lowest BCUT2D eigenvalue weighted by Crippen LogP contribution is -2.42. The van der Waals surface area contributed by atoms with Gasteiger partial charge in [0.2, 0.25) is 0 Å². The predicted molar refractivity (Wildman–Crippen MR) is 110 cm³/mol. The summed E-state index contributed by atoms with van der Waals surface area (Å²) >= 11 is 0. The van der Waals surface area contributed by atoms with Crippen molar-refractivity contribution in [1.82, 2.24) is 19.8 Å². The third-order valence-corrected chi connectivity index (χ3v) is 5.51. The highest BCUT2D eigenvalue weighted by atomic mass is 16.5. The van der Waals surface area contributed by atoms with Gasteiger partial charge in [-0.3, -0.25) is 4.79 Å². The van der Waals surface area contributed by atoms with Gasteiger partial charge in [0.05, 0.1) is 18.4 Å². The number of hydrogen-bond donors (Lipinski definition) is 0. The number of rotatable bonds is 7. The van der Waals surface area contributed by atoms with E-state index in [1.54, 1.807) is 13.3 Å². The van der Waals surface area contributed by atoms with Crippen molar-refractivity contribution in [2.45, 2.75) is 26.2 Å². The van der Waals surface area contributed by atoms with Crippen LogP contribution in [0.2, 0.25) is 0 Å². The summed E-state index contributed by atoms with van der Waals surface area (Å²) < 4.78 is 5.46. The molecule has 3 rings (SSSR count). The number of likely N-dealkylation sites (tertiary alicyclic amines) is 1. The van der Waals surface area contributed by atoms with Crippen molar-refractivity contribution in [2.24, 2.45) is 5.92 Å². The molecule has 0 spiro atoms. The minimum atomic E-state index is 0.00393. The van der Waals surface area contributed by atoms with Crippen LogP contribution in [0.15, 0.2) is 36.8 Å². The predicted octanol–water partition coefficient (Wildman–Crippen LogP) is 2.82. The van der Waals surface area contributed by atoms with E-state index in [9.17, 15) is 4.79 Å². The van der Waals surface area contributed by atoms with Crippen molar-refractivity contribution in [3.63, 3.8) is 0 Å². The first-order valence-corrected chi connectivity index (χ1v) is 9.94. The van der Waals surface area contributed by atoms with Gasteiger partial charge < -0.3 is 14.5 Å². The monoisotopic (exact) mass is 382 g/mol. The van der Waals surface area contributed by atoms with Crippen LogP contribution < -0.4 is 4.74 Å². The van der Waals surface area contributed by atoms with Gasteiger partial charge in [0, 0.05) is 32.9 Å². The Kier molecular flexibility index (Phi) is 6.98. The quantitative estimate of drug-likeness (QED) is 0.737. The lowest BCUT2D eigenvalue weighted by molar-refractivity contribution is 0.0728. The molecular formula is C22H30N4O2. The summed E-state index contributed by atoms with van der Waals surface area (Å²) in [5.41, 5.74) is 2.57. The summed E-state index contributed by atoms with van der Waals surface area (Å²) in [7, 11) is 3.60. The fraction of sp³-hybridized carbons (Fsp3) is 0.500. The Labute approximate surface area is 167 Å². The van der Waals surface area contributed by atoms with Crippen LogP contribution in [0.3, 0.4) is 0 Å². The molecule has 6 heteroatoms. The maximum atomic E-state index is 12.7. The molecular weight excluding hydrogens is 352 g/mol. The molecule has 0 N–H and O–H groups in total. The number of para-hydroxylation sites is 1. The lowest BCUT2D eigenvalue weighted by Gasteiger charge is -2.35. The number of amides is 1. The molecule has 2 heterocycles. The molecule has 1 aromatic heterocycles. The van der Waals surface area contributed by atoms with Crippen molar-refractivity contribution < 1.29 is 9.53 Å². The van der Waals surface area contributed by atoms with Gasteiger partial charge in [0.1, 0.15) is 12.1 Å². The van der Waals surface area contributed by atoms with E-state index in [0.29, 0.717) is 11.5 Å². The lowest BCUT2D eigenvalue weighted by atomic mass is 9.96. The van der Waals surface area contributed by atoms with Crippen molar-refractivity contribution in [2.75, 3.05) is 40.3 Å². The van der Waals surface area contributed by atoms with Gasteiger partial charge in [0.15, 0.2) is 0 Å². The second-order valence-electron chi connectivity index (χ2n) is 7.58. The summed E-state index contributed by atoms with van der Waals surface area (Å²) in [5, 5.41) is 0. The highest BCUT2D eigenvalue weighted by Crippen LogP contribution is 2.21. The largest absolute Gasteiger partial charge is 0.496 e. The molecule has 1 atom stereocenters. The van der Waals surface area contributed by atoms with E-state index in [4.69, 9.17) is 4.74 Å². The number of benzene rings is 1. The number of aromatic nitrogens is 2. The average Bonchev–Trinajstić information content (AvgIpc) is 2.72. The number of aryl methyl sites for hydroxylation is 1. The van der Waals surface area contributed by atoms with Gasteiger partial charge in [-0.05, 0) is 50.3 Å². The maximum absolute atomic E-state index is 12.7. The summed E-state index contributed by atoms with van der Waals surface area (Å²) in [6, 6.07) is 8.22. The first-order valence-electron chi connectivity index (χ1n) is 9.94. The third-order valence-electron chi connectivity index (χ3n) is 5.51. The van der Waals surface area contributed by atoms with E-state index in [1.807, 2.05) is 31.0 Å². The summed E-state index contributed by atoms with van der Waals surface area (Å²) in [6.45, 7) is 5.77. The zero-order valence-corrected chi connectivity index (χ0v) is 17.1. The number of carbonyl (C=O) groups excluding carboxylic acids is 1. The molecule has 1 aliphatic heterocycles. The van der Waals surface area contributed by atoms with E-state index in [0.717, 1.165) is 50.5 Å². The Bertz CT molecular complexity index is 796. The third kappa shape index (κ3) is 5.07. The number of hydrogen-bond acceptors (Lipinski definition) is 5. The van der Waals surface area contributed by atoms with E-state index >= 15 is 0 Å². The number of carbonyl (C=O) groups is 1. The van der Waals surface area contributed by atoms with E-state index in [1.165, 1.54) is 18.3 Å². The standard InChI is InChI=1S/C22H30N4O2/c1-17-20(13-23-16-24-17)22(27)25(2)14-18-7-6-11-26(15-18)12-10-19-8-4-5-9-21(19)28-3/h4-5,8-9,13,16,18H,6-7,10-12,14-15H2,1-3H3/t18-/m0/s1. The van der Waals surface area contributed by atoms with Gasteiger partial charge >= 0.3 is 0 Å². The zero-order chi connectivity index (χ0) is 19.9. The number of piperidine rings is 1. The first-order chi connectivity index (χ1) is 13.6. The Hall–Kier alpha value is -2.47. The van der Waals surface area contributed by atoms with Gasteiger partial charge in [-0.2, -0.15) is 0 Å². The maximum Gasteiger partial charge on any atom is 0.257 e. The van der Waals surface area contributed by atoms with Gasteiger partial charge in [-0.25, -0.2) is 9.97 Å². The van der Waals surface area contributed by atoms with Crippen LogP contribution in [0.5, 0.6) is 5.75 Å². The highest BCUT2D eigenvalue weighted by Gasteiger charge is 2.24. The zero-order valence-electron chi connectivity index (χ0n) is 17.1. The number of ether oxygens (including phenoxy) is 1. The molecule has 28 heavy (non-hydrogen) atoms. The Morgan fingerprint density at radius 2 is 2.18 bits per heavy atom. The molecule has 2 aromatic rings. The molecule has 0 aliphatic carbocycles. The van der Waals surface area contributed by atoms with Crippen molar-refractivity contribution in [3.8, 4) is 5.75 Å². The molecule has 1 aliphatic rings. The molecule has 6 nitrogen and oxygen atoms in total. The van der Waals surface area contributed by atoms with Crippen LogP contribution in [-0.4, -0.2) is 66.0 Å². The Morgan fingerprint density at radius 3 is 2.96 bits per heavy atom. The Morgan fingerprint density at radius 1 is 1.36 bits per heavy atom. The topological polar surface area (TPSA) is 58.6 Å². The molecule has 0 radical (unpaired) electrons. The minimum Gasteiger partial charge on any atom is -0.496 e. The number of methoxy groups -OCH3 is 1. The van der Waals surface area contributed by atoms with Crippen LogP contribution in [0.25, 0.3) is 0 Å². The summed E-state index contributed by atoms with van der Waals surface area (Å²) in [5.74, 6) is 1.45. The number of nitrogens with zero attached hydrogens (tertiary/aromatic N) is 4. The molecule has 1 saturated heterocycles. The van der Waals surface area contributed by atoms with E-state index in [2.05, 4.69) is 27.0 Å². The van der Waals surface area contributed by atoms with Gasteiger partial charge in [0.25, 0.3) is 5.91 Å². The molecule has 1 fully saturated rings. The van der Waals surface area contributed by atoms with Crippen molar-refractivity contribution in [1.29, 1.82) is 0 Å². The summed E-state index contributed by atoms with van der Waals surface area (Å²) in [6.07, 6.45) is 6.40. The van der Waals surface area contributed by atoms with E-state index < -0.39 is 0 Å². The van der Waals surface area contributed by atoms with Crippen molar-refractivity contribution >= 4 is 5.91 Å². The van der Waals surface area contributed by atoms with Crippen LogP contribution in [0, 0.1) is 12.8 Å². The van der Waals surface area contributed by atoms with Crippen LogP contribution in [0.1, 0.15) is 34.5 Å². The second kappa shape index (κ2) is 9.64. The normalized spacial score (nSPS) is 17.3. The highest BCUT2D eigenvalue weighted by molar-refractivity contribution is 5.94. The van der Waals surface area contributed by atoms with E-state index in [-0.39, 0.29) is 5.91 Å². The SMILES string of the molecule is COc1ccccc1CCN1CCC[C@@H](CN(C)C(=O)c2cncnc2C)C1. The van der Waals surface area contributed by atoms with Crippen LogP contribution in [0.4, 0.5) is 0 Å². The fourth-order valence-electron chi connectivity index (χ4n) is 3.97. The Balaban J connectivity index is 1.53.